The van der Waals surface area contributed by atoms with Crippen molar-refractivity contribution in [3.63, 3.8) is 0 Å². The minimum atomic E-state index is -4.38. The Bertz CT molecular complexity index is 487. The van der Waals surface area contributed by atoms with Gasteiger partial charge in [-0.15, -0.1) is 0 Å². The minimum Gasteiger partial charge on any atom is -0.268 e. The first-order valence-electron chi connectivity index (χ1n) is 6.96. The normalized spacial score (nSPS) is 27.2. The molecule has 1 aromatic heterocycles. The van der Waals surface area contributed by atoms with Crippen LogP contribution in [-0.2, 0) is 6.18 Å². The molecule has 0 bridgehead atoms. The van der Waals surface area contributed by atoms with Gasteiger partial charge in [-0.25, -0.2) is 0 Å². The molecule has 0 aromatic carbocycles. The van der Waals surface area contributed by atoms with E-state index < -0.39 is 11.7 Å². The number of nitriles is 1. The SMILES string of the molecule is CCCC1CCC(C#N)C(n2cc(C(F)(F)F)cn2)C1. The molecule has 1 aliphatic rings. The molecule has 1 fully saturated rings. The van der Waals surface area contributed by atoms with E-state index in [-0.39, 0.29) is 12.0 Å². The van der Waals surface area contributed by atoms with Gasteiger partial charge < -0.3 is 0 Å². The summed E-state index contributed by atoms with van der Waals surface area (Å²) < 4.78 is 39.2. The third-order valence-corrected chi connectivity index (χ3v) is 4.06. The van der Waals surface area contributed by atoms with E-state index in [9.17, 15) is 18.4 Å². The maximum Gasteiger partial charge on any atom is 0.419 e. The quantitative estimate of drug-likeness (QED) is 0.835. The molecule has 0 radical (unpaired) electrons. The molecule has 1 saturated carbocycles. The summed E-state index contributed by atoms with van der Waals surface area (Å²) in [4.78, 5) is 0. The number of aromatic nitrogens is 2. The van der Waals surface area contributed by atoms with E-state index in [4.69, 9.17) is 0 Å². The van der Waals surface area contributed by atoms with Crippen molar-refractivity contribution >= 4 is 0 Å². The first kappa shape index (κ1) is 14.9. The fraction of sp³-hybridized carbons (Fsp3) is 0.714. The van der Waals surface area contributed by atoms with Crippen LogP contribution in [0.5, 0.6) is 0 Å². The fourth-order valence-corrected chi connectivity index (χ4v) is 3.01. The summed E-state index contributed by atoms with van der Waals surface area (Å²) in [6.45, 7) is 2.10. The van der Waals surface area contributed by atoms with Crippen molar-refractivity contribution in [2.24, 2.45) is 11.8 Å². The molecular weight excluding hydrogens is 267 g/mol. The first-order chi connectivity index (χ1) is 9.45. The van der Waals surface area contributed by atoms with Gasteiger partial charge in [-0.05, 0) is 25.2 Å². The molecular formula is C14H18F3N3. The number of nitrogens with zero attached hydrogens (tertiary/aromatic N) is 3. The van der Waals surface area contributed by atoms with Gasteiger partial charge in [0.15, 0.2) is 0 Å². The molecule has 3 unspecified atom stereocenters. The lowest BCUT2D eigenvalue weighted by molar-refractivity contribution is -0.137. The lowest BCUT2D eigenvalue weighted by Crippen LogP contribution is -2.27. The zero-order chi connectivity index (χ0) is 14.8. The van der Waals surface area contributed by atoms with Crippen LogP contribution >= 0.6 is 0 Å². The van der Waals surface area contributed by atoms with Gasteiger partial charge in [0, 0.05) is 6.20 Å². The number of halogens is 3. The third-order valence-electron chi connectivity index (χ3n) is 4.06. The van der Waals surface area contributed by atoms with Gasteiger partial charge >= 0.3 is 6.18 Å². The Morgan fingerprint density at radius 3 is 2.75 bits per heavy atom. The molecule has 3 nitrogen and oxygen atoms in total. The number of hydrogen-bond acceptors (Lipinski definition) is 2. The average molecular weight is 285 g/mol. The number of hydrogen-bond donors (Lipinski definition) is 0. The highest BCUT2D eigenvalue weighted by molar-refractivity contribution is 5.10. The van der Waals surface area contributed by atoms with E-state index >= 15 is 0 Å². The van der Waals surface area contributed by atoms with Gasteiger partial charge in [-0.3, -0.25) is 4.68 Å². The van der Waals surface area contributed by atoms with Crippen molar-refractivity contribution in [2.75, 3.05) is 0 Å². The Hall–Kier alpha value is -1.51. The van der Waals surface area contributed by atoms with Crippen LogP contribution in [-0.4, -0.2) is 9.78 Å². The Morgan fingerprint density at radius 2 is 2.20 bits per heavy atom. The van der Waals surface area contributed by atoms with E-state index in [0.29, 0.717) is 5.92 Å². The van der Waals surface area contributed by atoms with Crippen LogP contribution < -0.4 is 0 Å². The van der Waals surface area contributed by atoms with Gasteiger partial charge in [0.1, 0.15) is 0 Å². The van der Waals surface area contributed by atoms with Crippen LogP contribution in [0.1, 0.15) is 50.6 Å². The summed E-state index contributed by atoms with van der Waals surface area (Å²) in [5, 5.41) is 13.0. The minimum absolute atomic E-state index is 0.235. The molecule has 110 valence electrons. The van der Waals surface area contributed by atoms with E-state index in [1.54, 1.807) is 0 Å². The summed E-state index contributed by atoms with van der Waals surface area (Å²) in [5.74, 6) is 0.234. The molecule has 2 rings (SSSR count). The molecule has 20 heavy (non-hydrogen) atoms. The molecule has 0 saturated heterocycles. The average Bonchev–Trinajstić information content (AvgIpc) is 2.88. The largest absolute Gasteiger partial charge is 0.419 e. The third kappa shape index (κ3) is 3.14. The van der Waals surface area contributed by atoms with Crippen molar-refractivity contribution in [1.82, 2.24) is 9.78 Å². The standard InChI is InChI=1S/C14H18F3N3/c1-2-3-10-4-5-11(7-18)13(6-10)20-9-12(8-19-20)14(15,16)17/h8-11,13H,2-6H2,1H3. The lowest BCUT2D eigenvalue weighted by atomic mass is 9.77. The molecule has 1 aromatic rings. The highest BCUT2D eigenvalue weighted by Crippen LogP contribution is 2.39. The van der Waals surface area contributed by atoms with Crippen molar-refractivity contribution in [3.8, 4) is 6.07 Å². The van der Waals surface area contributed by atoms with E-state index in [2.05, 4.69) is 18.1 Å². The zero-order valence-electron chi connectivity index (χ0n) is 11.4. The van der Waals surface area contributed by atoms with Gasteiger partial charge in [-0.2, -0.15) is 23.5 Å². The second-order valence-corrected chi connectivity index (χ2v) is 5.48. The Kier molecular flexibility index (Phi) is 4.36. The van der Waals surface area contributed by atoms with Gasteiger partial charge in [0.2, 0.25) is 0 Å². The maximum absolute atomic E-state index is 12.6. The molecule has 1 aliphatic carbocycles. The van der Waals surface area contributed by atoms with Crippen molar-refractivity contribution in [1.29, 1.82) is 5.26 Å². The van der Waals surface area contributed by atoms with Crippen molar-refractivity contribution in [3.05, 3.63) is 18.0 Å². The van der Waals surface area contributed by atoms with Crippen molar-refractivity contribution < 1.29 is 13.2 Å². The van der Waals surface area contributed by atoms with Crippen molar-refractivity contribution in [2.45, 2.75) is 51.2 Å². The van der Waals surface area contributed by atoms with Crippen LogP contribution in [0.3, 0.4) is 0 Å². The van der Waals surface area contributed by atoms with Crippen LogP contribution in [0.2, 0.25) is 0 Å². The molecule has 6 heteroatoms. The number of alkyl halides is 3. The molecule has 0 aliphatic heterocycles. The molecule has 0 spiro atoms. The van der Waals surface area contributed by atoms with Gasteiger partial charge in [0.25, 0.3) is 0 Å². The van der Waals surface area contributed by atoms with Gasteiger partial charge in [0.05, 0.1) is 29.8 Å². The Balaban J connectivity index is 2.19. The summed E-state index contributed by atoms with van der Waals surface area (Å²) in [7, 11) is 0. The van der Waals surface area contributed by atoms with Crippen LogP contribution in [0.25, 0.3) is 0 Å². The van der Waals surface area contributed by atoms with E-state index in [1.165, 1.54) is 4.68 Å². The smallest absolute Gasteiger partial charge is 0.268 e. The lowest BCUT2D eigenvalue weighted by Gasteiger charge is -2.32. The van der Waals surface area contributed by atoms with E-state index in [1.807, 2.05) is 0 Å². The highest BCUT2D eigenvalue weighted by atomic mass is 19.4. The van der Waals surface area contributed by atoms with E-state index in [0.717, 1.165) is 44.5 Å². The molecule has 0 N–H and O–H groups in total. The summed E-state index contributed by atoms with van der Waals surface area (Å²) in [6.07, 6.45) is 2.08. The molecule has 0 amide bonds. The van der Waals surface area contributed by atoms with Crippen LogP contribution in [0, 0.1) is 23.2 Å². The molecule has 3 atom stereocenters. The Morgan fingerprint density at radius 1 is 1.45 bits per heavy atom. The highest BCUT2D eigenvalue weighted by Gasteiger charge is 2.36. The second kappa shape index (κ2) is 5.86. The predicted molar refractivity (Wildman–Crippen MR) is 67.6 cm³/mol. The Labute approximate surface area is 116 Å². The van der Waals surface area contributed by atoms with Crippen LogP contribution in [0.15, 0.2) is 12.4 Å². The second-order valence-electron chi connectivity index (χ2n) is 5.48. The van der Waals surface area contributed by atoms with Crippen LogP contribution in [0.4, 0.5) is 13.2 Å². The predicted octanol–water partition coefficient (Wildman–Crippen LogP) is 4.18. The first-order valence-corrected chi connectivity index (χ1v) is 6.96. The fourth-order valence-electron chi connectivity index (χ4n) is 3.01. The summed E-state index contributed by atoms with van der Waals surface area (Å²) >= 11 is 0. The summed E-state index contributed by atoms with van der Waals surface area (Å²) in [6, 6.07) is 1.99. The monoisotopic (exact) mass is 285 g/mol. The topological polar surface area (TPSA) is 41.6 Å². The zero-order valence-corrected chi connectivity index (χ0v) is 11.4. The molecule has 1 heterocycles. The summed E-state index contributed by atoms with van der Waals surface area (Å²) in [5.41, 5.74) is -0.744. The van der Waals surface area contributed by atoms with Gasteiger partial charge in [-0.1, -0.05) is 19.8 Å². The maximum atomic E-state index is 12.6. The number of rotatable bonds is 3.